The van der Waals surface area contributed by atoms with E-state index in [0.29, 0.717) is 0 Å². The summed E-state index contributed by atoms with van der Waals surface area (Å²) in [5.74, 6) is 0. The number of pyridine rings is 1. The summed E-state index contributed by atoms with van der Waals surface area (Å²) in [6.07, 6.45) is 4.93. The molecule has 1 aromatic heterocycles. The molecule has 1 aromatic carbocycles. The van der Waals surface area contributed by atoms with Crippen molar-refractivity contribution in [3.63, 3.8) is 0 Å². The minimum absolute atomic E-state index is 0.0284. The second kappa shape index (κ2) is 7.36. The van der Waals surface area contributed by atoms with Crippen molar-refractivity contribution < 1.29 is 4.74 Å². The van der Waals surface area contributed by atoms with E-state index in [2.05, 4.69) is 24.0 Å². The highest BCUT2D eigenvalue weighted by Gasteiger charge is 2.18. The zero-order valence-corrected chi connectivity index (χ0v) is 12.4. The van der Waals surface area contributed by atoms with E-state index < -0.39 is 0 Å². The van der Waals surface area contributed by atoms with Gasteiger partial charge in [-0.2, -0.15) is 0 Å². The van der Waals surface area contributed by atoms with Crippen LogP contribution in [-0.4, -0.2) is 23.7 Å². The molecule has 0 spiro atoms. The molecule has 0 aliphatic heterocycles. The molecule has 20 heavy (non-hydrogen) atoms. The second-order valence-electron chi connectivity index (χ2n) is 5.14. The molecule has 3 nitrogen and oxygen atoms in total. The summed E-state index contributed by atoms with van der Waals surface area (Å²) in [6, 6.07) is 10.3. The highest BCUT2D eigenvalue weighted by molar-refractivity contribution is 5.81. The van der Waals surface area contributed by atoms with Gasteiger partial charge in [-0.15, -0.1) is 0 Å². The van der Waals surface area contributed by atoms with Gasteiger partial charge in [0.05, 0.1) is 11.6 Å². The molecule has 2 rings (SSSR count). The standard InChI is InChI=1S/C17H24N2O/c1-3-7-17(20-4-2)15(18)12-13-10-11-19-16-9-6-5-8-14(13)16/h5-6,8-11,15,17H,3-4,7,12,18H2,1-2H3. The lowest BCUT2D eigenvalue weighted by Gasteiger charge is -2.24. The van der Waals surface area contributed by atoms with Crippen LogP contribution in [0.3, 0.4) is 0 Å². The third kappa shape index (κ3) is 3.56. The normalized spacial score (nSPS) is 14.3. The van der Waals surface area contributed by atoms with Crippen LogP contribution in [-0.2, 0) is 11.2 Å². The smallest absolute Gasteiger partial charge is 0.0728 e. The Bertz CT molecular complexity index is 530. The molecule has 0 aliphatic rings. The Morgan fingerprint density at radius 2 is 2.00 bits per heavy atom. The minimum atomic E-state index is 0.0284. The zero-order valence-electron chi connectivity index (χ0n) is 12.4. The number of para-hydroxylation sites is 1. The monoisotopic (exact) mass is 272 g/mol. The van der Waals surface area contributed by atoms with E-state index in [4.69, 9.17) is 10.5 Å². The van der Waals surface area contributed by atoms with Crippen molar-refractivity contribution in [2.24, 2.45) is 5.73 Å². The molecule has 0 amide bonds. The summed E-state index contributed by atoms with van der Waals surface area (Å²) >= 11 is 0. The van der Waals surface area contributed by atoms with E-state index in [0.717, 1.165) is 31.4 Å². The SMILES string of the molecule is CCCC(OCC)C(N)Cc1ccnc2ccccc12. The van der Waals surface area contributed by atoms with Gasteiger partial charge in [-0.3, -0.25) is 4.98 Å². The number of nitrogens with zero attached hydrogens (tertiary/aromatic N) is 1. The van der Waals surface area contributed by atoms with E-state index in [1.165, 1.54) is 10.9 Å². The van der Waals surface area contributed by atoms with E-state index in [1.54, 1.807) is 0 Å². The summed E-state index contributed by atoms with van der Waals surface area (Å²) < 4.78 is 5.79. The van der Waals surface area contributed by atoms with E-state index in [9.17, 15) is 0 Å². The summed E-state index contributed by atoms with van der Waals surface area (Å²) in [6.45, 7) is 4.91. The number of nitrogens with two attached hydrogens (primary N) is 1. The number of rotatable bonds is 7. The van der Waals surface area contributed by atoms with Crippen molar-refractivity contribution in [1.29, 1.82) is 0 Å². The second-order valence-corrected chi connectivity index (χ2v) is 5.14. The van der Waals surface area contributed by atoms with Crippen molar-refractivity contribution in [3.8, 4) is 0 Å². The van der Waals surface area contributed by atoms with Crippen LogP contribution in [0, 0.1) is 0 Å². The third-order valence-electron chi connectivity index (χ3n) is 3.63. The van der Waals surface area contributed by atoms with E-state index in [1.807, 2.05) is 31.3 Å². The van der Waals surface area contributed by atoms with Crippen molar-refractivity contribution in [2.45, 2.75) is 45.3 Å². The average Bonchev–Trinajstić information content (AvgIpc) is 2.47. The topological polar surface area (TPSA) is 48.1 Å². The summed E-state index contributed by atoms with van der Waals surface area (Å²) in [4.78, 5) is 4.39. The molecule has 2 aromatic rings. The number of benzene rings is 1. The van der Waals surface area contributed by atoms with Gasteiger partial charge in [0.1, 0.15) is 0 Å². The van der Waals surface area contributed by atoms with Crippen LogP contribution in [0.5, 0.6) is 0 Å². The fourth-order valence-electron chi connectivity index (χ4n) is 2.64. The van der Waals surface area contributed by atoms with Gasteiger partial charge in [0.2, 0.25) is 0 Å². The number of aromatic nitrogens is 1. The first-order chi connectivity index (χ1) is 9.76. The predicted octanol–water partition coefficient (Wildman–Crippen LogP) is 3.31. The van der Waals surface area contributed by atoms with Gasteiger partial charge < -0.3 is 10.5 Å². The van der Waals surface area contributed by atoms with Crippen molar-refractivity contribution >= 4 is 10.9 Å². The molecule has 108 valence electrons. The Hall–Kier alpha value is -1.45. The average molecular weight is 272 g/mol. The van der Waals surface area contributed by atoms with Crippen molar-refractivity contribution in [3.05, 3.63) is 42.1 Å². The van der Waals surface area contributed by atoms with Crippen molar-refractivity contribution in [2.75, 3.05) is 6.61 Å². The van der Waals surface area contributed by atoms with Gasteiger partial charge in [-0.25, -0.2) is 0 Å². The first-order valence-electron chi connectivity index (χ1n) is 7.46. The highest BCUT2D eigenvalue weighted by atomic mass is 16.5. The molecule has 0 saturated carbocycles. The van der Waals surface area contributed by atoms with Crippen LogP contribution in [0.15, 0.2) is 36.5 Å². The van der Waals surface area contributed by atoms with Gasteiger partial charge in [0, 0.05) is 24.2 Å². The minimum Gasteiger partial charge on any atom is -0.377 e. The Morgan fingerprint density at radius 1 is 1.20 bits per heavy atom. The lowest BCUT2D eigenvalue weighted by Crippen LogP contribution is -2.38. The summed E-state index contributed by atoms with van der Waals surface area (Å²) in [5.41, 5.74) is 8.65. The molecular weight excluding hydrogens is 248 g/mol. The van der Waals surface area contributed by atoms with Gasteiger partial charge in [-0.05, 0) is 37.5 Å². The van der Waals surface area contributed by atoms with Crippen molar-refractivity contribution in [1.82, 2.24) is 4.98 Å². The fourth-order valence-corrected chi connectivity index (χ4v) is 2.64. The largest absolute Gasteiger partial charge is 0.377 e. The van der Waals surface area contributed by atoms with Gasteiger partial charge in [0.25, 0.3) is 0 Å². The molecule has 0 bridgehead atoms. The molecule has 0 aliphatic carbocycles. The van der Waals surface area contributed by atoms with Crippen LogP contribution >= 0.6 is 0 Å². The van der Waals surface area contributed by atoms with Crippen LogP contribution < -0.4 is 5.73 Å². The number of fused-ring (bicyclic) bond motifs is 1. The lowest BCUT2D eigenvalue weighted by atomic mass is 9.97. The number of hydrogen-bond acceptors (Lipinski definition) is 3. The fraction of sp³-hybridized carbons (Fsp3) is 0.471. The van der Waals surface area contributed by atoms with Gasteiger partial charge in [0.15, 0.2) is 0 Å². The molecule has 3 heteroatoms. The first kappa shape index (κ1) is 14.9. The molecule has 1 heterocycles. The van der Waals surface area contributed by atoms with Crippen LogP contribution in [0.4, 0.5) is 0 Å². The molecule has 2 unspecified atom stereocenters. The maximum atomic E-state index is 6.37. The molecule has 2 N–H and O–H groups in total. The van der Waals surface area contributed by atoms with Crippen LogP contribution in [0.25, 0.3) is 10.9 Å². The van der Waals surface area contributed by atoms with Crippen LogP contribution in [0.2, 0.25) is 0 Å². The summed E-state index contributed by atoms with van der Waals surface area (Å²) in [5, 5.41) is 1.19. The Balaban J connectivity index is 2.18. The molecule has 0 saturated heterocycles. The van der Waals surface area contributed by atoms with Gasteiger partial charge >= 0.3 is 0 Å². The maximum Gasteiger partial charge on any atom is 0.0728 e. The highest BCUT2D eigenvalue weighted by Crippen LogP contribution is 2.19. The zero-order chi connectivity index (χ0) is 14.4. The summed E-state index contributed by atoms with van der Waals surface area (Å²) in [7, 11) is 0. The number of hydrogen-bond donors (Lipinski definition) is 1. The molecule has 0 radical (unpaired) electrons. The Kier molecular flexibility index (Phi) is 5.50. The quantitative estimate of drug-likeness (QED) is 0.841. The third-order valence-corrected chi connectivity index (χ3v) is 3.63. The lowest BCUT2D eigenvalue weighted by molar-refractivity contribution is 0.0379. The van der Waals surface area contributed by atoms with Gasteiger partial charge in [-0.1, -0.05) is 31.5 Å². The maximum absolute atomic E-state index is 6.37. The Labute approximate surface area is 121 Å². The van der Waals surface area contributed by atoms with E-state index in [-0.39, 0.29) is 12.1 Å². The first-order valence-corrected chi connectivity index (χ1v) is 7.46. The molecule has 0 fully saturated rings. The molecular formula is C17H24N2O. The number of ether oxygens (including phenoxy) is 1. The Morgan fingerprint density at radius 3 is 2.75 bits per heavy atom. The van der Waals surface area contributed by atoms with Crippen LogP contribution in [0.1, 0.15) is 32.3 Å². The van der Waals surface area contributed by atoms with E-state index >= 15 is 0 Å². The predicted molar refractivity (Wildman–Crippen MR) is 83.7 cm³/mol. The molecule has 2 atom stereocenters.